The molecule has 5 aliphatic heterocycles. The number of hydrogen-bond acceptors (Lipinski definition) is 2. The second-order valence-corrected chi connectivity index (χ2v) is 12.0. The molecule has 0 saturated carbocycles. The third-order valence-corrected chi connectivity index (χ3v) is 9.30. The van der Waals surface area contributed by atoms with Gasteiger partial charge in [-0.1, -0.05) is 68.6 Å². The first-order valence-corrected chi connectivity index (χ1v) is 15.3. The van der Waals surface area contributed by atoms with Gasteiger partial charge in [0.1, 0.15) is 0 Å². The lowest BCUT2D eigenvalue weighted by Crippen LogP contribution is -2.49. The molecule has 6 atom stereocenters. The van der Waals surface area contributed by atoms with Crippen LogP contribution in [0.2, 0.25) is 0 Å². The Morgan fingerprint density at radius 1 is 0.471 bits per heavy atom. The molecule has 0 aromatic rings. The van der Waals surface area contributed by atoms with E-state index in [0.29, 0.717) is 0 Å². The van der Waals surface area contributed by atoms with Crippen molar-refractivity contribution < 1.29 is 0 Å². The predicted octanol–water partition coefficient (Wildman–Crippen LogP) is 8.02. The molecule has 6 bridgehead atoms. The quantitative estimate of drug-likeness (QED) is 0.333. The summed E-state index contributed by atoms with van der Waals surface area (Å²) in [5.74, 6) is 3.80. The molecule has 34 heavy (non-hydrogen) atoms. The standard InChI is InChI=1S/C32H54N2/c1-2-5-10-14-18-23-34-26-29-19-15-11-7-4-6-9-13-17-22-33-24-21-32(31(25-29)28-34)30(27-33)20-16-12-8-3-1/h1-2,9-10,13-14,29-32H,3-8,11-12,15-28H2/t29-,30+,31+,32+/m1/s1. The largest absolute Gasteiger partial charge is 0.303 e. The van der Waals surface area contributed by atoms with Gasteiger partial charge >= 0.3 is 0 Å². The number of hydrogen-bond donors (Lipinski definition) is 0. The predicted molar refractivity (Wildman–Crippen MR) is 148 cm³/mol. The maximum absolute atomic E-state index is 2.89. The van der Waals surface area contributed by atoms with E-state index >= 15 is 0 Å². The molecule has 0 N–H and O–H groups in total. The van der Waals surface area contributed by atoms with Gasteiger partial charge in [-0.3, -0.25) is 0 Å². The number of rotatable bonds is 0. The summed E-state index contributed by atoms with van der Waals surface area (Å²) in [6.07, 6.45) is 36.8. The lowest BCUT2D eigenvalue weighted by Gasteiger charge is -2.47. The molecule has 2 heteroatoms. The summed E-state index contributed by atoms with van der Waals surface area (Å²) >= 11 is 0. The Morgan fingerprint density at radius 3 is 2.00 bits per heavy atom. The number of fused-ring (bicyclic) bond motifs is 10. The Kier molecular flexibility index (Phi) is 11.8. The minimum atomic E-state index is 0.935. The van der Waals surface area contributed by atoms with Gasteiger partial charge in [-0.25, -0.2) is 0 Å². The van der Waals surface area contributed by atoms with Crippen LogP contribution in [0.15, 0.2) is 36.5 Å². The lowest BCUT2D eigenvalue weighted by atomic mass is 9.69. The molecule has 0 aliphatic carbocycles. The molecular weight excluding hydrogens is 412 g/mol. The van der Waals surface area contributed by atoms with E-state index in [1.165, 1.54) is 136 Å². The first-order valence-electron chi connectivity index (χ1n) is 15.3. The highest BCUT2D eigenvalue weighted by Gasteiger charge is 2.38. The Hall–Kier alpha value is -0.860. The first kappa shape index (κ1) is 26.2. The molecule has 0 spiro atoms. The van der Waals surface area contributed by atoms with Crippen LogP contribution in [0, 0.1) is 23.7 Å². The second-order valence-electron chi connectivity index (χ2n) is 12.0. The average molecular weight is 467 g/mol. The van der Waals surface area contributed by atoms with Crippen molar-refractivity contribution >= 4 is 0 Å². The molecule has 5 aliphatic rings. The van der Waals surface area contributed by atoms with Crippen LogP contribution in [0.3, 0.4) is 0 Å². The molecule has 2 saturated heterocycles. The molecule has 0 aromatic carbocycles. The van der Waals surface area contributed by atoms with E-state index in [-0.39, 0.29) is 0 Å². The fraction of sp³-hybridized carbons (Fsp3) is 0.812. The van der Waals surface area contributed by atoms with Crippen LogP contribution in [0.1, 0.15) is 103 Å². The summed E-state index contributed by atoms with van der Waals surface area (Å²) in [5, 5.41) is 0. The second kappa shape index (κ2) is 15.3. The molecule has 192 valence electrons. The van der Waals surface area contributed by atoms with Crippen molar-refractivity contribution in [2.75, 3.05) is 39.3 Å². The van der Waals surface area contributed by atoms with E-state index in [0.717, 1.165) is 30.1 Å². The van der Waals surface area contributed by atoms with Crippen LogP contribution in [0.5, 0.6) is 0 Å². The summed E-state index contributed by atoms with van der Waals surface area (Å²) in [6, 6.07) is 0. The summed E-state index contributed by atoms with van der Waals surface area (Å²) in [4.78, 5) is 5.72. The van der Waals surface area contributed by atoms with Gasteiger partial charge in [0, 0.05) is 32.7 Å². The zero-order valence-corrected chi connectivity index (χ0v) is 22.2. The van der Waals surface area contributed by atoms with Gasteiger partial charge in [0.15, 0.2) is 0 Å². The third-order valence-electron chi connectivity index (χ3n) is 9.30. The van der Waals surface area contributed by atoms with Gasteiger partial charge in [0.2, 0.25) is 0 Å². The zero-order valence-electron chi connectivity index (χ0n) is 22.2. The molecule has 0 amide bonds. The topological polar surface area (TPSA) is 6.48 Å². The Bertz CT molecular complexity index is 635. The maximum atomic E-state index is 2.89. The van der Waals surface area contributed by atoms with Gasteiger partial charge in [0.05, 0.1) is 0 Å². The zero-order chi connectivity index (χ0) is 23.3. The summed E-state index contributed by atoms with van der Waals surface area (Å²) in [5.41, 5.74) is 0. The van der Waals surface area contributed by atoms with E-state index in [1.54, 1.807) is 0 Å². The normalized spacial score (nSPS) is 37.4. The van der Waals surface area contributed by atoms with Gasteiger partial charge in [-0.2, -0.15) is 0 Å². The van der Waals surface area contributed by atoms with Gasteiger partial charge in [0.25, 0.3) is 0 Å². The van der Waals surface area contributed by atoms with Crippen molar-refractivity contribution in [1.82, 2.24) is 9.80 Å². The van der Waals surface area contributed by atoms with Crippen LogP contribution in [0.4, 0.5) is 0 Å². The van der Waals surface area contributed by atoms with Crippen molar-refractivity contribution in [3.63, 3.8) is 0 Å². The van der Waals surface area contributed by atoms with E-state index in [2.05, 4.69) is 46.3 Å². The van der Waals surface area contributed by atoms with Crippen LogP contribution >= 0.6 is 0 Å². The lowest BCUT2D eigenvalue weighted by molar-refractivity contribution is 0.0203. The highest BCUT2D eigenvalue weighted by molar-refractivity contribution is 4.95. The summed E-state index contributed by atoms with van der Waals surface area (Å²) in [7, 11) is 0. The molecule has 0 radical (unpaired) electrons. The van der Waals surface area contributed by atoms with E-state index < -0.39 is 0 Å². The summed E-state index contributed by atoms with van der Waals surface area (Å²) in [6.45, 7) is 8.05. The van der Waals surface area contributed by atoms with Crippen molar-refractivity contribution in [2.45, 2.75) is 103 Å². The summed E-state index contributed by atoms with van der Waals surface area (Å²) < 4.78 is 0. The molecule has 0 aromatic heterocycles. The number of allylic oxidation sites excluding steroid dienone is 4. The van der Waals surface area contributed by atoms with Crippen LogP contribution < -0.4 is 0 Å². The average Bonchev–Trinajstić information content (AvgIpc) is 2.85. The smallest absolute Gasteiger partial charge is 0.00161 e. The SMILES string of the molecule is C1=CCCCCC[C@H]2CN3CCC=CCCCCCC[C@@H]4C[C@@H](CN(CCC=CC1)C4)[C@H]2CC3. The van der Waals surface area contributed by atoms with Crippen molar-refractivity contribution in [2.24, 2.45) is 23.7 Å². The van der Waals surface area contributed by atoms with Crippen LogP contribution in [-0.4, -0.2) is 49.1 Å². The van der Waals surface area contributed by atoms with Crippen molar-refractivity contribution in [3.8, 4) is 0 Å². The molecular formula is C32H54N2. The van der Waals surface area contributed by atoms with Crippen LogP contribution in [-0.2, 0) is 0 Å². The molecule has 2 nitrogen and oxygen atoms in total. The van der Waals surface area contributed by atoms with Crippen molar-refractivity contribution in [1.29, 1.82) is 0 Å². The van der Waals surface area contributed by atoms with Gasteiger partial charge < -0.3 is 9.80 Å². The molecule has 2 fully saturated rings. The number of piperidine rings is 2. The Labute approximate surface area is 211 Å². The minimum Gasteiger partial charge on any atom is -0.303 e. The van der Waals surface area contributed by atoms with Gasteiger partial charge in [-0.15, -0.1) is 0 Å². The van der Waals surface area contributed by atoms with Crippen LogP contribution in [0.25, 0.3) is 0 Å². The monoisotopic (exact) mass is 466 g/mol. The van der Waals surface area contributed by atoms with Gasteiger partial charge in [-0.05, 0) is 101 Å². The molecule has 2 unspecified atom stereocenters. The van der Waals surface area contributed by atoms with E-state index in [4.69, 9.17) is 0 Å². The minimum absolute atomic E-state index is 0.935. The highest BCUT2D eigenvalue weighted by atomic mass is 15.1. The third kappa shape index (κ3) is 8.98. The first-order chi connectivity index (χ1) is 16.9. The highest BCUT2D eigenvalue weighted by Crippen LogP contribution is 2.40. The fourth-order valence-corrected chi connectivity index (χ4v) is 7.46. The molecule has 5 rings (SSSR count). The van der Waals surface area contributed by atoms with Crippen molar-refractivity contribution in [3.05, 3.63) is 36.5 Å². The fourth-order valence-electron chi connectivity index (χ4n) is 7.46. The van der Waals surface area contributed by atoms with E-state index in [9.17, 15) is 0 Å². The molecule has 5 heterocycles. The van der Waals surface area contributed by atoms with E-state index in [1.807, 2.05) is 0 Å². The maximum Gasteiger partial charge on any atom is 0.00161 e. The number of nitrogens with zero attached hydrogens (tertiary/aromatic N) is 2. The Morgan fingerprint density at radius 2 is 1.12 bits per heavy atom. The Balaban J connectivity index is 1.48.